The second kappa shape index (κ2) is 5.26. The molecular formula is C12H13ClN4O2S. The monoisotopic (exact) mass is 312 g/mol. The predicted octanol–water partition coefficient (Wildman–Crippen LogP) is 2.13. The molecule has 106 valence electrons. The van der Waals surface area contributed by atoms with E-state index in [2.05, 4.69) is 14.7 Å². The van der Waals surface area contributed by atoms with Crippen LogP contribution in [0.2, 0.25) is 5.15 Å². The van der Waals surface area contributed by atoms with E-state index in [9.17, 15) is 8.42 Å². The third kappa shape index (κ3) is 2.83. The van der Waals surface area contributed by atoms with Crippen LogP contribution in [0.5, 0.6) is 0 Å². The number of hydrogen-bond acceptors (Lipinski definition) is 5. The van der Waals surface area contributed by atoms with Gasteiger partial charge < -0.3 is 5.73 Å². The fourth-order valence-corrected chi connectivity index (χ4v) is 3.32. The first kappa shape index (κ1) is 14.5. The molecule has 0 bridgehead atoms. The third-order valence-corrected chi connectivity index (χ3v) is 4.52. The van der Waals surface area contributed by atoms with E-state index in [1.165, 1.54) is 12.4 Å². The number of aryl methyl sites for hydroxylation is 2. The molecule has 1 heterocycles. The van der Waals surface area contributed by atoms with Crippen molar-refractivity contribution >= 4 is 33.1 Å². The number of benzene rings is 1. The highest BCUT2D eigenvalue weighted by Crippen LogP contribution is 2.27. The van der Waals surface area contributed by atoms with Crippen LogP contribution in [0, 0.1) is 13.8 Å². The first-order valence-corrected chi connectivity index (χ1v) is 7.53. The highest BCUT2D eigenvalue weighted by Gasteiger charge is 2.22. The summed E-state index contributed by atoms with van der Waals surface area (Å²) in [5, 5.41) is 0.145. The van der Waals surface area contributed by atoms with Gasteiger partial charge >= 0.3 is 0 Å². The van der Waals surface area contributed by atoms with Crippen molar-refractivity contribution in [3.63, 3.8) is 0 Å². The molecule has 0 radical (unpaired) electrons. The Balaban J connectivity index is 2.49. The van der Waals surface area contributed by atoms with Crippen molar-refractivity contribution in [1.29, 1.82) is 0 Å². The molecular weight excluding hydrogens is 300 g/mol. The normalized spacial score (nSPS) is 11.3. The van der Waals surface area contributed by atoms with Crippen molar-refractivity contribution < 1.29 is 8.42 Å². The summed E-state index contributed by atoms with van der Waals surface area (Å²) in [4.78, 5) is 7.54. The molecule has 0 unspecified atom stereocenters. The number of hydrogen-bond donors (Lipinski definition) is 2. The molecule has 0 aliphatic heterocycles. The van der Waals surface area contributed by atoms with Crippen molar-refractivity contribution in [2.24, 2.45) is 0 Å². The molecule has 0 aliphatic carbocycles. The summed E-state index contributed by atoms with van der Waals surface area (Å²) in [6, 6.07) is 4.79. The van der Waals surface area contributed by atoms with E-state index in [0.29, 0.717) is 11.1 Å². The maximum Gasteiger partial charge on any atom is 0.265 e. The molecule has 0 fully saturated rings. The Morgan fingerprint density at radius 1 is 1.20 bits per heavy atom. The van der Waals surface area contributed by atoms with Gasteiger partial charge in [0.2, 0.25) is 0 Å². The summed E-state index contributed by atoms with van der Waals surface area (Å²) in [6.07, 6.45) is 1.17. The zero-order valence-corrected chi connectivity index (χ0v) is 12.5. The van der Waals surface area contributed by atoms with Gasteiger partial charge in [0.1, 0.15) is 22.2 Å². The highest BCUT2D eigenvalue weighted by atomic mass is 35.5. The van der Waals surface area contributed by atoms with Gasteiger partial charge in [-0.2, -0.15) is 0 Å². The van der Waals surface area contributed by atoms with Gasteiger partial charge in [0.25, 0.3) is 10.0 Å². The molecule has 8 heteroatoms. The Kier molecular flexibility index (Phi) is 3.82. The summed E-state index contributed by atoms with van der Waals surface area (Å²) in [6.45, 7) is 3.42. The Hall–Kier alpha value is -1.86. The summed E-state index contributed by atoms with van der Waals surface area (Å²) >= 11 is 5.70. The van der Waals surface area contributed by atoms with E-state index in [1.54, 1.807) is 26.0 Å². The van der Waals surface area contributed by atoms with Crippen molar-refractivity contribution in [3.05, 3.63) is 40.8 Å². The lowest BCUT2D eigenvalue weighted by molar-refractivity contribution is 0.600. The van der Waals surface area contributed by atoms with E-state index in [1.807, 2.05) is 0 Å². The number of aromatic nitrogens is 2. The highest BCUT2D eigenvalue weighted by molar-refractivity contribution is 7.93. The average Bonchev–Trinajstić information content (AvgIpc) is 2.33. The molecule has 0 aliphatic rings. The molecule has 6 nitrogen and oxygen atoms in total. The van der Waals surface area contributed by atoms with Crippen LogP contribution in [-0.2, 0) is 10.0 Å². The number of rotatable bonds is 3. The molecule has 1 aromatic heterocycles. The largest absolute Gasteiger partial charge is 0.397 e. The van der Waals surface area contributed by atoms with Crippen LogP contribution in [0.15, 0.2) is 29.4 Å². The molecule has 0 saturated carbocycles. The lowest BCUT2D eigenvalue weighted by Gasteiger charge is -2.13. The lowest BCUT2D eigenvalue weighted by Crippen LogP contribution is -2.17. The van der Waals surface area contributed by atoms with Gasteiger partial charge in [0.15, 0.2) is 0 Å². The molecule has 0 saturated heterocycles. The Bertz CT molecular complexity index is 762. The number of nitrogens with two attached hydrogens (primary N) is 1. The fraction of sp³-hybridized carbons (Fsp3) is 0.167. The van der Waals surface area contributed by atoms with Crippen molar-refractivity contribution in [2.75, 3.05) is 10.5 Å². The maximum absolute atomic E-state index is 12.4. The average molecular weight is 313 g/mol. The quantitative estimate of drug-likeness (QED) is 0.668. The van der Waals surface area contributed by atoms with Crippen LogP contribution in [0.1, 0.15) is 11.1 Å². The Morgan fingerprint density at radius 3 is 2.50 bits per heavy atom. The fourth-order valence-electron chi connectivity index (χ4n) is 1.74. The lowest BCUT2D eigenvalue weighted by atomic mass is 10.1. The number of nitrogens with one attached hydrogen (secondary N) is 1. The number of nitrogens with zero attached hydrogens (tertiary/aromatic N) is 2. The molecule has 0 atom stereocenters. The summed E-state index contributed by atoms with van der Waals surface area (Å²) in [5.41, 5.74) is 7.34. The number of anilines is 2. The Morgan fingerprint density at radius 2 is 1.85 bits per heavy atom. The van der Waals surface area contributed by atoms with Crippen LogP contribution in [0.25, 0.3) is 0 Å². The maximum atomic E-state index is 12.4. The molecule has 0 spiro atoms. The topological polar surface area (TPSA) is 98.0 Å². The van der Waals surface area contributed by atoms with Gasteiger partial charge in [0.05, 0.1) is 5.69 Å². The van der Waals surface area contributed by atoms with Gasteiger partial charge in [-0.3, -0.25) is 4.72 Å². The first-order valence-electron chi connectivity index (χ1n) is 5.67. The van der Waals surface area contributed by atoms with Crippen LogP contribution in [-0.4, -0.2) is 18.4 Å². The second-order valence-electron chi connectivity index (χ2n) is 4.27. The van der Waals surface area contributed by atoms with Crippen LogP contribution >= 0.6 is 11.6 Å². The molecule has 2 aromatic rings. The van der Waals surface area contributed by atoms with Crippen molar-refractivity contribution in [1.82, 2.24) is 9.97 Å². The van der Waals surface area contributed by atoms with Gasteiger partial charge in [-0.15, -0.1) is 0 Å². The minimum Gasteiger partial charge on any atom is -0.397 e. The molecule has 0 amide bonds. The van der Waals surface area contributed by atoms with E-state index >= 15 is 0 Å². The zero-order chi connectivity index (χ0) is 14.9. The molecule has 2 rings (SSSR count). The van der Waals surface area contributed by atoms with E-state index in [4.69, 9.17) is 17.3 Å². The van der Waals surface area contributed by atoms with E-state index in [-0.39, 0.29) is 21.6 Å². The Labute approximate surface area is 122 Å². The number of sulfonamides is 1. The van der Waals surface area contributed by atoms with Gasteiger partial charge in [-0.25, -0.2) is 18.4 Å². The third-order valence-electron chi connectivity index (χ3n) is 2.75. The van der Waals surface area contributed by atoms with Gasteiger partial charge in [-0.1, -0.05) is 23.7 Å². The molecule has 1 aromatic carbocycles. The predicted molar refractivity (Wildman–Crippen MR) is 78.2 cm³/mol. The molecule has 3 N–H and O–H groups in total. The van der Waals surface area contributed by atoms with E-state index < -0.39 is 10.0 Å². The van der Waals surface area contributed by atoms with E-state index in [0.717, 1.165) is 0 Å². The van der Waals surface area contributed by atoms with Gasteiger partial charge in [0, 0.05) is 6.07 Å². The summed E-state index contributed by atoms with van der Waals surface area (Å²) < 4.78 is 27.2. The van der Waals surface area contributed by atoms with Gasteiger partial charge in [-0.05, 0) is 25.0 Å². The summed E-state index contributed by atoms with van der Waals surface area (Å²) in [7, 11) is -3.84. The first-order chi connectivity index (χ1) is 9.31. The second-order valence-corrected chi connectivity index (χ2v) is 6.28. The van der Waals surface area contributed by atoms with Crippen LogP contribution < -0.4 is 10.5 Å². The minimum absolute atomic E-state index is 0.0484. The standard InChI is InChI=1S/C12H13ClN4O2S/c1-7-3-4-8(2)12(11(7)14)20(18,19)17-10-5-9(13)15-6-16-10/h3-6H,14H2,1-2H3,(H,15,16,17). The van der Waals surface area contributed by atoms with Crippen LogP contribution in [0.4, 0.5) is 11.5 Å². The smallest absolute Gasteiger partial charge is 0.265 e. The van der Waals surface area contributed by atoms with Crippen LogP contribution in [0.3, 0.4) is 0 Å². The van der Waals surface area contributed by atoms with Crippen molar-refractivity contribution in [2.45, 2.75) is 18.7 Å². The number of nitrogen functional groups attached to an aromatic ring is 1. The number of halogens is 1. The minimum atomic E-state index is -3.84. The summed E-state index contributed by atoms with van der Waals surface area (Å²) in [5.74, 6) is 0.0882. The van der Waals surface area contributed by atoms with Crippen molar-refractivity contribution in [3.8, 4) is 0 Å². The zero-order valence-electron chi connectivity index (χ0n) is 10.9. The SMILES string of the molecule is Cc1ccc(C)c(S(=O)(=O)Nc2cc(Cl)ncn2)c1N. The molecule has 20 heavy (non-hydrogen) atoms.